The molecule has 0 aliphatic heterocycles. The highest BCUT2D eigenvalue weighted by atomic mass is 32.2. The number of rotatable bonds is 13. The van der Waals surface area contributed by atoms with Crippen LogP contribution in [0, 0.1) is 0 Å². The number of sulfonamides is 1. The second-order valence-corrected chi connectivity index (χ2v) is 11.9. The summed E-state index contributed by atoms with van der Waals surface area (Å²) in [6, 6.07) is 12.2. The fourth-order valence-corrected chi connectivity index (χ4v) is 4.98. The van der Waals surface area contributed by atoms with E-state index in [-0.39, 0.29) is 22.2 Å². The van der Waals surface area contributed by atoms with E-state index in [1.807, 2.05) is 19.1 Å². The van der Waals surface area contributed by atoms with Crippen molar-refractivity contribution in [3.63, 3.8) is 0 Å². The van der Waals surface area contributed by atoms with Crippen molar-refractivity contribution in [3.05, 3.63) is 72.1 Å². The van der Waals surface area contributed by atoms with E-state index < -0.39 is 16.1 Å². The van der Waals surface area contributed by atoms with Gasteiger partial charge in [-0.1, -0.05) is 46.3 Å². The lowest BCUT2D eigenvalue weighted by molar-refractivity contribution is -0.123. The van der Waals surface area contributed by atoms with Gasteiger partial charge in [0.15, 0.2) is 6.10 Å². The number of allylic oxidation sites excluding steroid dienone is 2. The molecule has 1 atom stereocenters. The number of H-pyrrole nitrogens is 1. The summed E-state index contributed by atoms with van der Waals surface area (Å²) in [5.41, 5.74) is 3.72. The zero-order valence-electron chi connectivity index (χ0n) is 23.7. The fraction of sp³-hybridized carbons (Fsp3) is 0.400. The molecule has 0 spiro atoms. The third kappa shape index (κ3) is 7.72. The predicted octanol–water partition coefficient (Wildman–Crippen LogP) is 6.90. The number of imidazole rings is 1. The van der Waals surface area contributed by atoms with Gasteiger partial charge in [-0.05, 0) is 86.1 Å². The summed E-state index contributed by atoms with van der Waals surface area (Å²) >= 11 is 0. The van der Waals surface area contributed by atoms with Crippen LogP contribution in [0.2, 0.25) is 0 Å². The number of ether oxygens (including phenoxy) is 1. The highest BCUT2D eigenvalue weighted by Gasteiger charge is 2.27. The average Bonchev–Trinajstić information content (AvgIpc) is 3.43. The lowest BCUT2D eigenvalue weighted by Gasteiger charge is -2.29. The van der Waals surface area contributed by atoms with Crippen molar-refractivity contribution < 1.29 is 17.9 Å². The molecule has 39 heavy (non-hydrogen) atoms. The first-order chi connectivity index (χ1) is 18.5. The maximum absolute atomic E-state index is 13.4. The zero-order valence-corrected chi connectivity index (χ0v) is 24.5. The summed E-state index contributed by atoms with van der Waals surface area (Å²) in [6.45, 7) is 12.7. The predicted molar refractivity (Wildman–Crippen MR) is 157 cm³/mol. The maximum atomic E-state index is 13.4. The zero-order chi connectivity index (χ0) is 28.6. The summed E-state index contributed by atoms with van der Waals surface area (Å²) in [5.74, 6) is 0.556. The summed E-state index contributed by atoms with van der Waals surface area (Å²) in [7, 11) is -3.82. The molecule has 1 aromatic heterocycles. The molecule has 3 aromatic rings. The van der Waals surface area contributed by atoms with Crippen LogP contribution in [0.3, 0.4) is 0 Å². The highest BCUT2D eigenvalue weighted by molar-refractivity contribution is 7.92. The molecule has 0 radical (unpaired) electrons. The number of carbonyl (C=O) groups is 1. The van der Waals surface area contributed by atoms with E-state index in [4.69, 9.17) is 4.74 Å². The van der Waals surface area contributed by atoms with Crippen LogP contribution in [-0.2, 0) is 20.2 Å². The molecule has 8 nitrogen and oxygen atoms in total. The van der Waals surface area contributed by atoms with Gasteiger partial charge in [-0.15, -0.1) is 0 Å². The van der Waals surface area contributed by atoms with Crippen molar-refractivity contribution in [1.29, 1.82) is 0 Å². The number of nitrogens with one attached hydrogen (secondary N) is 3. The van der Waals surface area contributed by atoms with Gasteiger partial charge in [0.05, 0.1) is 4.90 Å². The van der Waals surface area contributed by atoms with Crippen molar-refractivity contribution in [2.24, 2.45) is 0 Å². The number of carbonyl (C=O) groups excluding carboxylic acids is 1. The minimum absolute atomic E-state index is 0.0543. The van der Waals surface area contributed by atoms with Crippen LogP contribution < -0.4 is 14.8 Å². The van der Waals surface area contributed by atoms with E-state index in [1.165, 1.54) is 30.1 Å². The van der Waals surface area contributed by atoms with Crippen LogP contribution in [0.4, 0.5) is 11.6 Å². The quantitative estimate of drug-likeness (QED) is 0.213. The first-order valence-corrected chi connectivity index (χ1v) is 14.9. The molecule has 2 aromatic carbocycles. The number of aromatic nitrogens is 2. The van der Waals surface area contributed by atoms with Gasteiger partial charge in [-0.2, -0.15) is 0 Å². The van der Waals surface area contributed by atoms with Gasteiger partial charge in [-0.25, -0.2) is 18.1 Å². The Kier molecular flexibility index (Phi) is 9.97. The number of benzene rings is 2. The Morgan fingerprint density at radius 3 is 2.46 bits per heavy atom. The first-order valence-electron chi connectivity index (χ1n) is 13.4. The Morgan fingerprint density at radius 2 is 1.87 bits per heavy atom. The van der Waals surface area contributed by atoms with Gasteiger partial charge in [0.1, 0.15) is 5.75 Å². The third-order valence-corrected chi connectivity index (χ3v) is 8.38. The number of aromatic amines is 1. The summed E-state index contributed by atoms with van der Waals surface area (Å²) in [4.78, 5) is 20.0. The van der Waals surface area contributed by atoms with Crippen molar-refractivity contribution in [2.45, 2.75) is 83.6 Å². The lowest BCUT2D eigenvalue weighted by atomic mass is 9.80. The van der Waals surface area contributed by atoms with E-state index in [9.17, 15) is 13.2 Å². The number of anilines is 2. The van der Waals surface area contributed by atoms with Gasteiger partial charge in [-0.3, -0.25) is 4.79 Å². The fourth-order valence-electron chi connectivity index (χ4n) is 4.00. The smallest absolute Gasteiger partial charge is 0.265 e. The third-order valence-electron chi connectivity index (χ3n) is 7.02. The molecular weight excluding hydrogens is 512 g/mol. The standard InChI is InChI=1S/C30H40N4O4S/c1-7-10-11-27(38-26-17-12-22(21(4)8-2)20-25(26)30(5,6)9-3)28(35)33-23-13-15-24(16-14-23)39(36,37)34-29-31-18-19-32-29/h8,12-20,27H,7,9-11H2,1-6H3,(H,33,35)(H2,31,32,34)/b21-8-. The molecule has 0 bridgehead atoms. The van der Waals surface area contributed by atoms with Gasteiger partial charge in [0.2, 0.25) is 5.95 Å². The number of nitrogens with zero attached hydrogens (tertiary/aromatic N) is 1. The maximum Gasteiger partial charge on any atom is 0.265 e. The highest BCUT2D eigenvalue weighted by Crippen LogP contribution is 2.37. The Labute approximate surface area is 232 Å². The molecule has 0 saturated carbocycles. The molecule has 3 N–H and O–H groups in total. The SMILES string of the molecule is C/C=C(/C)c1ccc(OC(CCCC)C(=O)Nc2ccc(S(=O)(=O)Nc3ncc[nH]3)cc2)c(C(C)(C)CC)c1. The van der Waals surface area contributed by atoms with Crippen molar-refractivity contribution in [2.75, 3.05) is 10.0 Å². The molecule has 1 heterocycles. The minimum Gasteiger partial charge on any atom is -0.480 e. The van der Waals surface area contributed by atoms with Crippen molar-refractivity contribution in [1.82, 2.24) is 9.97 Å². The van der Waals surface area contributed by atoms with Crippen molar-refractivity contribution >= 4 is 33.1 Å². The molecule has 0 fully saturated rings. The molecule has 0 aliphatic rings. The molecule has 3 rings (SSSR count). The Bertz CT molecular complexity index is 1380. The molecule has 0 saturated heterocycles. The average molecular weight is 553 g/mol. The van der Waals surface area contributed by atoms with Crippen LogP contribution in [0.15, 0.2) is 65.8 Å². The Balaban J connectivity index is 1.82. The number of amides is 1. The normalized spacial score (nSPS) is 13.1. The molecule has 0 aliphatic carbocycles. The van der Waals surface area contributed by atoms with E-state index in [0.717, 1.165) is 30.4 Å². The van der Waals surface area contributed by atoms with Crippen molar-refractivity contribution in [3.8, 4) is 5.75 Å². The Morgan fingerprint density at radius 1 is 1.15 bits per heavy atom. The van der Waals surface area contributed by atoms with Crippen LogP contribution in [-0.4, -0.2) is 30.4 Å². The largest absolute Gasteiger partial charge is 0.480 e. The van der Waals surface area contributed by atoms with E-state index in [2.05, 4.69) is 66.8 Å². The minimum atomic E-state index is -3.82. The lowest BCUT2D eigenvalue weighted by Crippen LogP contribution is -2.34. The number of hydrogen-bond acceptors (Lipinski definition) is 5. The van der Waals surface area contributed by atoms with Crippen LogP contribution in [0.25, 0.3) is 5.57 Å². The second kappa shape index (κ2) is 13.0. The molecule has 210 valence electrons. The monoisotopic (exact) mass is 552 g/mol. The summed E-state index contributed by atoms with van der Waals surface area (Å²) in [5, 5.41) is 2.90. The van der Waals surface area contributed by atoms with E-state index in [1.54, 1.807) is 12.1 Å². The molecular formula is C30H40N4O4S. The van der Waals surface area contributed by atoms with E-state index in [0.29, 0.717) is 17.9 Å². The van der Waals surface area contributed by atoms with Crippen LogP contribution >= 0.6 is 0 Å². The molecule has 9 heteroatoms. The van der Waals surface area contributed by atoms with E-state index >= 15 is 0 Å². The van der Waals surface area contributed by atoms with Gasteiger partial charge in [0.25, 0.3) is 15.9 Å². The van der Waals surface area contributed by atoms with Gasteiger partial charge < -0.3 is 15.0 Å². The van der Waals surface area contributed by atoms with Gasteiger partial charge >= 0.3 is 0 Å². The summed E-state index contributed by atoms with van der Waals surface area (Å²) in [6.07, 6.45) is 7.59. The first kappa shape index (κ1) is 30.0. The van der Waals surface area contributed by atoms with Crippen LogP contribution in [0.5, 0.6) is 5.75 Å². The van der Waals surface area contributed by atoms with Gasteiger partial charge in [0, 0.05) is 23.6 Å². The topological polar surface area (TPSA) is 113 Å². The second-order valence-electron chi connectivity index (χ2n) is 10.2. The van der Waals surface area contributed by atoms with Crippen LogP contribution in [0.1, 0.15) is 78.4 Å². The number of unbranched alkanes of at least 4 members (excludes halogenated alkanes) is 1. The molecule has 1 amide bonds. The Hall–Kier alpha value is -3.59. The number of hydrogen-bond donors (Lipinski definition) is 3. The molecule has 1 unspecified atom stereocenters. The summed E-state index contributed by atoms with van der Waals surface area (Å²) < 4.78 is 34.0.